The molecule has 5 atom stereocenters. The summed E-state index contributed by atoms with van der Waals surface area (Å²) in [6, 6.07) is -0.485. The maximum Gasteiger partial charge on any atom is 0.333 e. The number of hydrogen-bond donors (Lipinski definition) is 2. The largest absolute Gasteiger partial charge is 0.448 e. The molecule has 1 aromatic rings. The Balaban J connectivity index is 1.65. The lowest BCUT2D eigenvalue weighted by Gasteiger charge is -2.36. The zero-order valence-corrected chi connectivity index (χ0v) is 31.2. The average Bonchev–Trinajstić information content (AvgIpc) is 3.60. The second kappa shape index (κ2) is 21.0. The van der Waals surface area contributed by atoms with E-state index in [1.807, 2.05) is 0 Å². The third kappa shape index (κ3) is 12.6. The Morgan fingerprint density at radius 2 is 1.64 bits per heavy atom. The van der Waals surface area contributed by atoms with Gasteiger partial charge in [-0.25, -0.2) is 14.0 Å². The van der Waals surface area contributed by atoms with E-state index in [4.69, 9.17) is 28.4 Å². The standard InChI is InChI=1S/C33H46N2O12S3/c1-23-9-10-33(32(3,40)31(39)49-50(33)41)20-28(37)34-24(2)30-35-25(22-48-30)7-5-6-8-26(36)27(19-23)47-29(38)21-46-18-17-45-16-15-44-14-13-43-12-11-42-4/h5-8,19,22,24,27,40H,9-18,20-21H2,1-4H3,(H,34,37)/b7-5-,8-6+,23-19+/t24-,27+,32-,33+,50?/m0/s1. The number of nitrogens with zero attached hydrogens (tertiary/aromatic N) is 1. The van der Waals surface area contributed by atoms with Crippen molar-refractivity contribution in [2.45, 2.75) is 62.5 Å². The summed E-state index contributed by atoms with van der Waals surface area (Å²) in [6.07, 6.45) is 5.93. The molecule has 1 spiro atoms. The Hall–Kier alpha value is -2.61. The number of thiazole rings is 1. The number of aliphatic hydroxyl groups is 1. The van der Waals surface area contributed by atoms with Crippen LogP contribution in [-0.2, 0) is 57.4 Å². The Labute approximate surface area is 302 Å². The number of ether oxygens (including phenoxy) is 6. The molecule has 2 bridgehead atoms. The highest BCUT2D eigenvalue weighted by atomic mass is 33.1. The minimum Gasteiger partial charge on any atom is -0.448 e. The molecule has 1 aromatic heterocycles. The lowest BCUT2D eigenvalue weighted by molar-refractivity contribution is -0.156. The van der Waals surface area contributed by atoms with Crippen LogP contribution in [0.1, 0.15) is 56.8 Å². The van der Waals surface area contributed by atoms with Gasteiger partial charge in [0, 0.05) is 29.7 Å². The van der Waals surface area contributed by atoms with E-state index in [1.165, 1.54) is 36.5 Å². The number of rotatable bonds is 15. The van der Waals surface area contributed by atoms with E-state index in [-0.39, 0.29) is 32.5 Å². The molecule has 1 fully saturated rings. The first-order chi connectivity index (χ1) is 23.9. The van der Waals surface area contributed by atoms with Crippen LogP contribution in [0.4, 0.5) is 0 Å². The van der Waals surface area contributed by atoms with Crippen molar-refractivity contribution in [1.82, 2.24) is 10.3 Å². The zero-order chi connectivity index (χ0) is 36.6. The van der Waals surface area contributed by atoms with E-state index in [9.17, 15) is 28.5 Å². The molecule has 1 unspecified atom stereocenters. The van der Waals surface area contributed by atoms with E-state index in [0.717, 1.165) is 0 Å². The Kier molecular flexibility index (Phi) is 17.6. The predicted octanol–water partition coefficient (Wildman–Crippen LogP) is 2.64. The third-order valence-electron chi connectivity index (χ3n) is 7.79. The number of aromatic nitrogens is 1. The van der Waals surface area contributed by atoms with Crippen LogP contribution in [-0.4, -0.2) is 120 Å². The minimum absolute atomic E-state index is 0.0271. The van der Waals surface area contributed by atoms with Crippen molar-refractivity contribution >= 4 is 60.8 Å². The van der Waals surface area contributed by atoms with Gasteiger partial charge in [-0.3, -0.25) is 14.4 Å². The molecule has 2 aliphatic heterocycles. The fourth-order valence-electron chi connectivity index (χ4n) is 4.86. The molecule has 3 rings (SSSR count). The summed E-state index contributed by atoms with van der Waals surface area (Å²) < 4.78 is 43.6. The van der Waals surface area contributed by atoms with Crippen LogP contribution in [0.25, 0.3) is 6.08 Å². The summed E-state index contributed by atoms with van der Waals surface area (Å²) in [5.74, 6) is -1.81. The first-order valence-corrected chi connectivity index (χ1v) is 19.4. The third-order valence-corrected chi connectivity index (χ3v) is 12.8. The van der Waals surface area contributed by atoms with E-state index in [2.05, 4.69) is 10.3 Å². The summed E-state index contributed by atoms with van der Waals surface area (Å²) in [7, 11) is 0.160. The van der Waals surface area contributed by atoms with Crippen molar-refractivity contribution in [2.75, 3.05) is 66.6 Å². The van der Waals surface area contributed by atoms with E-state index in [1.54, 1.807) is 38.5 Å². The molecule has 0 aromatic carbocycles. The molecule has 17 heteroatoms. The van der Waals surface area contributed by atoms with Gasteiger partial charge in [0.1, 0.15) is 22.0 Å². The zero-order valence-electron chi connectivity index (χ0n) is 28.7. The average molecular weight is 759 g/mol. The maximum atomic E-state index is 13.4. The van der Waals surface area contributed by atoms with Crippen LogP contribution in [0.5, 0.6) is 0 Å². The molecular weight excluding hydrogens is 713 g/mol. The highest BCUT2D eigenvalue weighted by Crippen LogP contribution is 2.50. The van der Waals surface area contributed by atoms with E-state index >= 15 is 0 Å². The van der Waals surface area contributed by atoms with Gasteiger partial charge in [0.05, 0.1) is 74.4 Å². The summed E-state index contributed by atoms with van der Waals surface area (Å²) >= 11 is 1.32. The number of amides is 1. The quantitative estimate of drug-likeness (QED) is 0.115. The fraction of sp³-hybridized carbons (Fsp3) is 0.606. The van der Waals surface area contributed by atoms with Crippen LogP contribution in [0.2, 0.25) is 0 Å². The van der Waals surface area contributed by atoms with Crippen molar-refractivity contribution in [1.29, 1.82) is 0 Å². The number of carbonyl (C=O) groups excluding carboxylic acids is 4. The molecule has 14 nitrogen and oxygen atoms in total. The van der Waals surface area contributed by atoms with Crippen LogP contribution in [0, 0.1) is 0 Å². The molecule has 0 radical (unpaired) electrons. The first kappa shape index (κ1) is 41.8. The maximum absolute atomic E-state index is 13.4. The second-order valence-electron chi connectivity index (χ2n) is 11.7. The molecule has 2 N–H and O–H groups in total. The van der Waals surface area contributed by atoms with Gasteiger partial charge in [-0.05, 0) is 51.8 Å². The van der Waals surface area contributed by atoms with Gasteiger partial charge < -0.3 is 38.8 Å². The fourth-order valence-corrected chi connectivity index (χ4v) is 9.60. The number of allylic oxidation sites excluding steroid dienone is 3. The van der Waals surface area contributed by atoms with Gasteiger partial charge >= 0.3 is 5.97 Å². The molecular formula is C33H46N2O12S3. The molecule has 0 saturated carbocycles. The highest BCUT2D eigenvalue weighted by molar-refractivity contribution is 8.76. The predicted molar refractivity (Wildman–Crippen MR) is 189 cm³/mol. The number of fused-ring (bicyclic) bond motifs is 2. The molecule has 0 aliphatic carbocycles. The van der Waals surface area contributed by atoms with Gasteiger partial charge in [0.15, 0.2) is 11.9 Å². The second-order valence-corrected chi connectivity index (χ2v) is 15.8. The van der Waals surface area contributed by atoms with E-state index < -0.39 is 61.7 Å². The molecule has 278 valence electrons. The Bertz CT molecular complexity index is 1430. The molecule has 3 heterocycles. The van der Waals surface area contributed by atoms with E-state index in [0.29, 0.717) is 66.7 Å². The number of hydrogen-bond acceptors (Lipinski definition) is 15. The van der Waals surface area contributed by atoms with Crippen molar-refractivity contribution in [3.8, 4) is 0 Å². The normalized spacial score (nSPS) is 28.8. The highest BCUT2D eigenvalue weighted by Gasteiger charge is 2.63. The number of ketones is 1. The van der Waals surface area contributed by atoms with Crippen molar-refractivity contribution in [3.05, 3.63) is 46.0 Å². The summed E-state index contributed by atoms with van der Waals surface area (Å²) in [5, 5.41) is 15.8. The van der Waals surface area contributed by atoms with Crippen molar-refractivity contribution < 1.29 is 56.9 Å². The molecule has 50 heavy (non-hydrogen) atoms. The molecule has 1 amide bonds. The van der Waals surface area contributed by atoms with Crippen LogP contribution in [0.15, 0.2) is 35.3 Å². The smallest absolute Gasteiger partial charge is 0.333 e. The number of esters is 1. The van der Waals surface area contributed by atoms with Gasteiger partial charge in [-0.15, -0.1) is 11.3 Å². The van der Waals surface area contributed by atoms with Crippen molar-refractivity contribution in [2.24, 2.45) is 0 Å². The van der Waals surface area contributed by atoms with Gasteiger partial charge in [0.25, 0.3) is 0 Å². The Morgan fingerprint density at radius 1 is 1.02 bits per heavy atom. The lowest BCUT2D eigenvalue weighted by atomic mass is 9.81. The van der Waals surface area contributed by atoms with Gasteiger partial charge in [-0.2, -0.15) is 0 Å². The van der Waals surface area contributed by atoms with Gasteiger partial charge in [0.2, 0.25) is 11.0 Å². The topological polar surface area (TPSA) is 186 Å². The lowest BCUT2D eigenvalue weighted by Crippen LogP contribution is -2.55. The first-order valence-electron chi connectivity index (χ1n) is 16.1. The number of carbonyl (C=O) groups is 4. The van der Waals surface area contributed by atoms with Crippen LogP contribution >= 0.6 is 22.1 Å². The molecule has 2 aliphatic rings. The van der Waals surface area contributed by atoms with Gasteiger partial charge in [-0.1, -0.05) is 17.7 Å². The monoisotopic (exact) mass is 758 g/mol. The SMILES string of the molecule is COCCOCCOCCOCCOCC(=O)O[C@@H]1/C=C(\C)CC[C@]2(CC(=O)N[C@@H](C)c3nc(cs3)/C=C\C=C\C1=O)S(=O)SC(=O)[C@]2(C)O. The summed E-state index contributed by atoms with van der Waals surface area (Å²) in [4.78, 5) is 56.4. The summed E-state index contributed by atoms with van der Waals surface area (Å²) in [6.45, 7) is 7.20. The Morgan fingerprint density at radius 3 is 2.26 bits per heavy atom. The summed E-state index contributed by atoms with van der Waals surface area (Å²) in [5.41, 5.74) is -0.919. The molecule has 1 saturated heterocycles. The van der Waals surface area contributed by atoms with Crippen molar-refractivity contribution in [3.63, 3.8) is 0 Å². The number of nitrogens with one attached hydrogen (secondary N) is 1. The van der Waals surface area contributed by atoms with Crippen LogP contribution in [0.3, 0.4) is 0 Å². The number of methoxy groups -OCH3 is 1. The van der Waals surface area contributed by atoms with Crippen LogP contribution < -0.4 is 5.32 Å². The minimum atomic E-state index is -2.07.